The van der Waals surface area contributed by atoms with E-state index in [1.165, 1.54) is 38.1 Å². The van der Waals surface area contributed by atoms with Crippen molar-refractivity contribution in [3.63, 3.8) is 0 Å². The van der Waals surface area contributed by atoms with Crippen LogP contribution >= 0.6 is 31.0 Å². The van der Waals surface area contributed by atoms with E-state index in [9.17, 15) is 17.7 Å². The van der Waals surface area contributed by atoms with Crippen LogP contribution < -0.4 is 0 Å². The third-order valence-corrected chi connectivity index (χ3v) is 7.22. The van der Waals surface area contributed by atoms with Gasteiger partial charge in [-0.1, -0.05) is 37.1 Å². The number of halogens is 4. The highest BCUT2D eigenvalue weighted by atomic mass is 35.5. The summed E-state index contributed by atoms with van der Waals surface area (Å²) in [5.41, 5.74) is 0.400. The van der Waals surface area contributed by atoms with Gasteiger partial charge in [-0.05, 0) is 49.7 Å². The van der Waals surface area contributed by atoms with Gasteiger partial charge >= 0.3 is 12.6 Å². The second-order valence-corrected chi connectivity index (χ2v) is 8.88. The van der Waals surface area contributed by atoms with Crippen molar-refractivity contribution in [3.8, 4) is 0 Å². The Morgan fingerprint density at radius 2 is 1.68 bits per heavy atom. The van der Waals surface area contributed by atoms with E-state index in [1.54, 1.807) is 6.92 Å². The molecule has 0 radical (unpaired) electrons. The third-order valence-electron chi connectivity index (χ3n) is 2.98. The fraction of sp³-hybridized carbons (Fsp3) is 0.500. The van der Waals surface area contributed by atoms with Gasteiger partial charge in [-0.15, -0.1) is 0 Å². The minimum atomic E-state index is -4.66. The summed E-state index contributed by atoms with van der Waals surface area (Å²) in [5.74, 6) is -0.458. The minimum absolute atomic E-state index is 0.0612. The highest BCUT2D eigenvalue weighted by Crippen LogP contribution is 2.68. The zero-order valence-electron chi connectivity index (χ0n) is 14.2. The summed E-state index contributed by atoms with van der Waals surface area (Å²) >= 11 is 6.32. The predicted molar refractivity (Wildman–Crippen MR) is 97.5 cm³/mol. The van der Waals surface area contributed by atoms with E-state index in [2.05, 4.69) is 0 Å². The maximum atomic E-state index is 14.7. The Kier molecular flexibility index (Phi) is 9.05. The molecule has 0 atom stereocenters. The monoisotopic (exact) mass is 416 g/mol. The molecule has 0 aliphatic heterocycles. The van der Waals surface area contributed by atoms with E-state index >= 15 is 0 Å². The lowest BCUT2D eigenvalue weighted by Gasteiger charge is -2.26. The van der Waals surface area contributed by atoms with Gasteiger partial charge in [0.15, 0.2) is 0 Å². The molecule has 0 amide bonds. The van der Waals surface area contributed by atoms with Crippen LogP contribution in [0, 0.1) is 5.82 Å². The van der Waals surface area contributed by atoms with Crippen molar-refractivity contribution < 1.29 is 26.8 Å². The summed E-state index contributed by atoms with van der Waals surface area (Å²) in [7, 11) is -4.66. The Balaban J connectivity index is 3.23. The summed E-state index contributed by atoms with van der Waals surface area (Å²) in [6.07, 6.45) is 0.790. The van der Waals surface area contributed by atoms with Gasteiger partial charge in [0.05, 0.1) is 18.2 Å². The summed E-state index contributed by atoms with van der Waals surface area (Å²) in [5, 5.41) is 0.0612. The van der Waals surface area contributed by atoms with Crippen LogP contribution in [0.1, 0.15) is 39.2 Å². The quantitative estimate of drug-likeness (QED) is 0.382. The lowest BCUT2D eigenvalue weighted by atomic mass is 10.2. The summed E-state index contributed by atoms with van der Waals surface area (Å²) in [6.45, 7) is 4.37. The highest BCUT2D eigenvalue weighted by Gasteiger charge is 2.54. The molecule has 1 aromatic carbocycles. The Morgan fingerprint density at radius 3 is 2.12 bits per heavy atom. The summed E-state index contributed by atoms with van der Waals surface area (Å²) < 4.78 is 64.3. The van der Waals surface area contributed by atoms with Gasteiger partial charge in [-0.2, -0.15) is 8.78 Å². The molecule has 0 fully saturated rings. The SMILES string of the molecule is CCC/C(SC(F)(F)P(=O)(OCC)OCC)=C(\Cl)c1ccc(F)cc1. The molecule has 0 aliphatic carbocycles. The van der Waals surface area contributed by atoms with Gasteiger partial charge < -0.3 is 9.05 Å². The van der Waals surface area contributed by atoms with Gasteiger partial charge in [0.25, 0.3) is 0 Å². The van der Waals surface area contributed by atoms with E-state index < -0.39 is 18.4 Å². The lowest BCUT2D eigenvalue weighted by Crippen LogP contribution is -2.17. The van der Waals surface area contributed by atoms with Crippen LogP contribution in [0.15, 0.2) is 29.2 Å². The van der Waals surface area contributed by atoms with Crippen molar-refractivity contribution in [3.05, 3.63) is 40.6 Å². The molecule has 0 unspecified atom stereocenters. The molecule has 9 heteroatoms. The average molecular weight is 417 g/mol. The molecule has 0 aliphatic rings. The van der Waals surface area contributed by atoms with Gasteiger partial charge in [0.2, 0.25) is 0 Å². The Hall–Kier alpha value is -0.460. The van der Waals surface area contributed by atoms with Crippen LogP contribution in [0.3, 0.4) is 0 Å². The highest BCUT2D eigenvalue weighted by molar-refractivity contribution is 8.09. The first-order chi connectivity index (χ1) is 11.7. The van der Waals surface area contributed by atoms with Crippen LogP contribution in [-0.4, -0.2) is 18.2 Å². The fourth-order valence-corrected chi connectivity index (χ4v) is 5.22. The zero-order chi connectivity index (χ0) is 19.1. The largest absolute Gasteiger partial charge is 0.410 e. The smallest absolute Gasteiger partial charge is 0.304 e. The van der Waals surface area contributed by atoms with Crippen LogP contribution in [0.5, 0.6) is 0 Å². The summed E-state index contributed by atoms with van der Waals surface area (Å²) in [4.78, 5) is -3.66. The molecule has 1 aromatic rings. The normalized spacial score (nSPS) is 13.7. The molecule has 0 aromatic heterocycles. The molecule has 3 nitrogen and oxygen atoms in total. The lowest BCUT2D eigenvalue weighted by molar-refractivity contribution is 0.112. The summed E-state index contributed by atoms with van der Waals surface area (Å²) in [6, 6.07) is 5.18. The third kappa shape index (κ3) is 6.04. The molecule has 0 saturated carbocycles. The molecular formula is C16H21ClF3O3PS. The minimum Gasteiger partial charge on any atom is -0.304 e. The first-order valence-corrected chi connectivity index (χ1v) is 10.5. The van der Waals surface area contributed by atoms with Crippen LogP contribution in [0.2, 0.25) is 0 Å². The topological polar surface area (TPSA) is 35.5 Å². The van der Waals surface area contributed by atoms with E-state index in [4.69, 9.17) is 20.6 Å². The molecule has 0 N–H and O–H groups in total. The maximum Gasteiger partial charge on any atom is 0.410 e. The average Bonchev–Trinajstić information content (AvgIpc) is 2.54. The van der Waals surface area contributed by atoms with E-state index in [0.29, 0.717) is 12.0 Å². The Morgan fingerprint density at radius 1 is 1.16 bits per heavy atom. The molecule has 25 heavy (non-hydrogen) atoms. The van der Waals surface area contributed by atoms with Crippen LogP contribution in [0.25, 0.3) is 5.03 Å². The Labute approximate surface area is 155 Å². The van der Waals surface area contributed by atoms with Gasteiger partial charge in [0, 0.05) is 4.91 Å². The fourth-order valence-electron chi connectivity index (χ4n) is 1.92. The van der Waals surface area contributed by atoms with Crippen molar-refractivity contribution in [1.29, 1.82) is 0 Å². The zero-order valence-corrected chi connectivity index (χ0v) is 16.7. The van der Waals surface area contributed by atoms with Crippen molar-refractivity contribution in [2.75, 3.05) is 13.2 Å². The second kappa shape index (κ2) is 10.0. The number of benzene rings is 1. The maximum absolute atomic E-state index is 14.7. The Bertz CT molecular complexity index is 628. The number of rotatable bonds is 10. The molecule has 0 saturated heterocycles. The number of thioether (sulfide) groups is 1. The first-order valence-electron chi connectivity index (χ1n) is 7.81. The molecule has 0 heterocycles. The van der Waals surface area contributed by atoms with Gasteiger partial charge in [0.1, 0.15) is 5.82 Å². The predicted octanol–water partition coefficient (Wildman–Crippen LogP) is 7.08. The molecule has 0 spiro atoms. The number of allylic oxidation sites excluding steroid dienone is 1. The van der Waals surface area contributed by atoms with Gasteiger partial charge in [-0.25, -0.2) is 4.39 Å². The number of hydrogen-bond donors (Lipinski definition) is 0. The standard InChI is InChI=1S/C16H21ClF3O3PS/c1-4-7-14(15(17)12-8-10-13(18)11-9-12)25-16(19,20)24(21,22-5-2)23-6-3/h8-11H,4-7H2,1-3H3/b15-14+. The number of alkyl halides is 2. The van der Waals surface area contributed by atoms with Crippen molar-refractivity contribution in [1.82, 2.24) is 0 Å². The molecular weight excluding hydrogens is 396 g/mol. The van der Waals surface area contributed by atoms with Crippen molar-refractivity contribution >= 4 is 36.0 Å². The van der Waals surface area contributed by atoms with E-state index in [-0.39, 0.29) is 41.3 Å². The van der Waals surface area contributed by atoms with Crippen molar-refractivity contribution in [2.45, 2.75) is 38.6 Å². The van der Waals surface area contributed by atoms with Crippen LogP contribution in [-0.2, 0) is 13.6 Å². The van der Waals surface area contributed by atoms with Gasteiger partial charge in [-0.3, -0.25) is 4.57 Å². The molecule has 0 bridgehead atoms. The van der Waals surface area contributed by atoms with Crippen LogP contribution in [0.4, 0.5) is 13.2 Å². The van der Waals surface area contributed by atoms with E-state index in [0.717, 1.165) is 0 Å². The second-order valence-electron chi connectivity index (χ2n) is 4.92. The van der Waals surface area contributed by atoms with Crippen molar-refractivity contribution in [2.24, 2.45) is 0 Å². The molecule has 1 rings (SSSR count). The van der Waals surface area contributed by atoms with E-state index in [1.807, 2.05) is 0 Å². The molecule has 142 valence electrons. The first kappa shape index (κ1) is 22.6. The number of hydrogen-bond acceptors (Lipinski definition) is 4.